The van der Waals surface area contributed by atoms with Crippen LogP contribution >= 0.6 is 23.2 Å². The quantitative estimate of drug-likeness (QED) is 0.849. The molecule has 0 atom stereocenters. The molecule has 0 saturated heterocycles. The second kappa shape index (κ2) is 5.55. The van der Waals surface area contributed by atoms with E-state index < -0.39 is 11.7 Å². The molecule has 0 bridgehead atoms. The van der Waals surface area contributed by atoms with Gasteiger partial charge in [0.2, 0.25) is 0 Å². The molecule has 98 valence electrons. The van der Waals surface area contributed by atoms with Crippen LogP contribution in [0.2, 0.25) is 10.2 Å². The molecule has 19 heavy (non-hydrogen) atoms. The molecule has 1 N–H and O–H groups in total. The molecule has 1 aromatic carbocycles. The summed E-state index contributed by atoms with van der Waals surface area (Å²) in [6, 6.07) is 6.12. The highest BCUT2D eigenvalue weighted by atomic mass is 35.5. The van der Waals surface area contributed by atoms with Crippen LogP contribution in [0.25, 0.3) is 0 Å². The van der Waals surface area contributed by atoms with Gasteiger partial charge in [-0.3, -0.25) is 4.79 Å². The molecule has 0 saturated carbocycles. The van der Waals surface area contributed by atoms with Gasteiger partial charge in [-0.15, -0.1) is 0 Å². The minimum Gasteiger partial charge on any atom is -0.322 e. The number of rotatable bonds is 2. The van der Waals surface area contributed by atoms with Crippen molar-refractivity contribution in [2.24, 2.45) is 0 Å². The van der Waals surface area contributed by atoms with Crippen LogP contribution in [-0.4, -0.2) is 10.9 Å². The Balaban J connectivity index is 2.30. The van der Waals surface area contributed by atoms with Crippen molar-refractivity contribution in [3.05, 3.63) is 57.6 Å². The van der Waals surface area contributed by atoms with Gasteiger partial charge >= 0.3 is 0 Å². The topological polar surface area (TPSA) is 42.0 Å². The van der Waals surface area contributed by atoms with E-state index in [9.17, 15) is 9.18 Å². The maximum atomic E-state index is 13.1. The van der Waals surface area contributed by atoms with Gasteiger partial charge in [-0.1, -0.05) is 29.3 Å². The van der Waals surface area contributed by atoms with Crippen molar-refractivity contribution in [2.45, 2.75) is 6.92 Å². The van der Waals surface area contributed by atoms with Crippen LogP contribution in [0.5, 0.6) is 0 Å². The first-order valence-corrected chi connectivity index (χ1v) is 6.11. The Bertz CT molecular complexity index is 647. The monoisotopic (exact) mass is 298 g/mol. The van der Waals surface area contributed by atoms with E-state index in [4.69, 9.17) is 23.2 Å². The van der Waals surface area contributed by atoms with Crippen molar-refractivity contribution < 1.29 is 9.18 Å². The van der Waals surface area contributed by atoms with Gasteiger partial charge in [-0.2, -0.15) is 0 Å². The van der Waals surface area contributed by atoms with E-state index in [1.165, 1.54) is 0 Å². The Morgan fingerprint density at radius 1 is 1.32 bits per heavy atom. The second-order valence-electron chi connectivity index (χ2n) is 3.91. The third kappa shape index (κ3) is 3.22. The smallest absolute Gasteiger partial charge is 0.258 e. The summed E-state index contributed by atoms with van der Waals surface area (Å²) in [5.41, 5.74) is 1.34. The fourth-order valence-electron chi connectivity index (χ4n) is 1.50. The highest BCUT2D eigenvalue weighted by molar-refractivity contribution is 6.33. The van der Waals surface area contributed by atoms with Gasteiger partial charge in [0.1, 0.15) is 11.0 Å². The summed E-state index contributed by atoms with van der Waals surface area (Å²) in [7, 11) is 0. The number of carbonyl (C=O) groups excluding carboxylic acids is 1. The minimum atomic E-state index is -0.627. The number of hydrogen-bond donors (Lipinski definition) is 1. The van der Waals surface area contributed by atoms with Crippen LogP contribution in [0.3, 0.4) is 0 Å². The lowest BCUT2D eigenvalue weighted by molar-refractivity contribution is 0.102. The number of benzene rings is 1. The Morgan fingerprint density at radius 2 is 2.05 bits per heavy atom. The molecule has 0 fully saturated rings. The Hall–Kier alpha value is -1.65. The van der Waals surface area contributed by atoms with E-state index >= 15 is 0 Å². The van der Waals surface area contributed by atoms with E-state index in [-0.39, 0.29) is 10.7 Å². The van der Waals surface area contributed by atoms with Gasteiger partial charge in [0.15, 0.2) is 0 Å². The Morgan fingerprint density at radius 3 is 2.79 bits per heavy atom. The molecule has 3 nitrogen and oxygen atoms in total. The minimum absolute atomic E-state index is 0.0268. The van der Waals surface area contributed by atoms with E-state index in [1.807, 2.05) is 6.92 Å². The van der Waals surface area contributed by atoms with Crippen molar-refractivity contribution in [1.82, 2.24) is 4.98 Å². The Labute approximate surface area is 119 Å². The summed E-state index contributed by atoms with van der Waals surface area (Å²) in [4.78, 5) is 15.6. The lowest BCUT2D eigenvalue weighted by Crippen LogP contribution is -2.14. The second-order valence-corrected chi connectivity index (χ2v) is 4.70. The van der Waals surface area contributed by atoms with Gasteiger partial charge in [-0.25, -0.2) is 9.37 Å². The summed E-state index contributed by atoms with van der Waals surface area (Å²) in [6.07, 6.45) is 0.948. The van der Waals surface area contributed by atoms with Gasteiger partial charge < -0.3 is 5.32 Å². The van der Waals surface area contributed by atoms with E-state index in [1.54, 1.807) is 18.2 Å². The third-order valence-electron chi connectivity index (χ3n) is 2.50. The number of aryl methyl sites for hydroxylation is 1. The maximum Gasteiger partial charge on any atom is 0.258 e. The summed E-state index contributed by atoms with van der Waals surface area (Å²) in [6.45, 7) is 1.82. The predicted molar refractivity (Wildman–Crippen MR) is 73.3 cm³/mol. The number of pyridine rings is 1. The van der Waals surface area contributed by atoms with Crippen molar-refractivity contribution in [1.29, 1.82) is 0 Å². The SMILES string of the molecule is Cc1ccc(Cl)cc1NC(=O)c1cc(F)cnc1Cl. The summed E-state index contributed by atoms with van der Waals surface area (Å²) in [5, 5.41) is 3.05. The first-order chi connectivity index (χ1) is 8.97. The summed E-state index contributed by atoms with van der Waals surface area (Å²) in [5.74, 6) is -1.17. The third-order valence-corrected chi connectivity index (χ3v) is 3.03. The summed E-state index contributed by atoms with van der Waals surface area (Å²) < 4.78 is 13.1. The zero-order valence-corrected chi connectivity index (χ0v) is 11.4. The summed E-state index contributed by atoms with van der Waals surface area (Å²) >= 11 is 11.6. The van der Waals surface area contributed by atoms with Gasteiger partial charge in [0.05, 0.1) is 11.8 Å². The molecular formula is C13H9Cl2FN2O. The Kier molecular flexibility index (Phi) is 4.02. The van der Waals surface area contributed by atoms with Gasteiger partial charge in [-0.05, 0) is 30.7 Å². The number of halogens is 3. The van der Waals surface area contributed by atoms with Crippen LogP contribution in [0.4, 0.5) is 10.1 Å². The van der Waals surface area contributed by atoms with Crippen molar-refractivity contribution in [3.8, 4) is 0 Å². The number of carbonyl (C=O) groups is 1. The van der Waals surface area contributed by atoms with Crippen molar-refractivity contribution in [3.63, 3.8) is 0 Å². The standard InChI is InChI=1S/C13H9Cl2FN2O/c1-7-2-3-8(14)4-11(7)18-13(19)10-5-9(16)6-17-12(10)15/h2-6H,1H3,(H,18,19). The molecule has 0 aliphatic heterocycles. The largest absolute Gasteiger partial charge is 0.322 e. The normalized spacial score (nSPS) is 10.3. The van der Waals surface area contributed by atoms with Crippen molar-refractivity contribution in [2.75, 3.05) is 5.32 Å². The molecular weight excluding hydrogens is 290 g/mol. The number of nitrogens with one attached hydrogen (secondary N) is 1. The average Bonchev–Trinajstić information content (AvgIpc) is 2.36. The number of anilines is 1. The van der Waals surface area contributed by atoms with Crippen LogP contribution in [-0.2, 0) is 0 Å². The van der Waals surface area contributed by atoms with E-state index in [2.05, 4.69) is 10.3 Å². The first kappa shape index (κ1) is 13.8. The van der Waals surface area contributed by atoms with Gasteiger partial charge in [0, 0.05) is 10.7 Å². The zero-order chi connectivity index (χ0) is 14.0. The molecule has 0 aliphatic rings. The number of amides is 1. The molecule has 0 radical (unpaired) electrons. The van der Waals surface area contributed by atoms with Crippen LogP contribution in [0.1, 0.15) is 15.9 Å². The maximum absolute atomic E-state index is 13.1. The molecule has 2 aromatic rings. The average molecular weight is 299 g/mol. The molecule has 0 aliphatic carbocycles. The fourth-order valence-corrected chi connectivity index (χ4v) is 1.86. The number of aromatic nitrogens is 1. The number of hydrogen-bond acceptors (Lipinski definition) is 2. The lowest BCUT2D eigenvalue weighted by Gasteiger charge is -2.09. The molecule has 0 unspecified atom stereocenters. The van der Waals surface area contributed by atoms with Crippen LogP contribution in [0.15, 0.2) is 30.5 Å². The molecule has 6 heteroatoms. The van der Waals surface area contributed by atoms with Crippen LogP contribution in [0, 0.1) is 12.7 Å². The van der Waals surface area contributed by atoms with Gasteiger partial charge in [0.25, 0.3) is 5.91 Å². The molecule has 1 aromatic heterocycles. The zero-order valence-electron chi connectivity index (χ0n) is 9.88. The molecule has 2 rings (SSSR count). The number of nitrogens with zero attached hydrogens (tertiary/aromatic N) is 1. The van der Waals surface area contributed by atoms with E-state index in [0.717, 1.165) is 17.8 Å². The lowest BCUT2D eigenvalue weighted by atomic mass is 10.2. The fraction of sp³-hybridized carbons (Fsp3) is 0.0769. The first-order valence-electron chi connectivity index (χ1n) is 5.36. The molecule has 0 spiro atoms. The van der Waals surface area contributed by atoms with E-state index in [0.29, 0.717) is 10.7 Å². The molecule has 1 amide bonds. The predicted octanol–water partition coefficient (Wildman–Crippen LogP) is 4.09. The van der Waals surface area contributed by atoms with Crippen molar-refractivity contribution >= 4 is 34.8 Å². The van der Waals surface area contributed by atoms with Crippen LogP contribution < -0.4 is 5.32 Å². The molecule has 1 heterocycles. The highest BCUT2D eigenvalue weighted by Crippen LogP contribution is 2.22. The highest BCUT2D eigenvalue weighted by Gasteiger charge is 2.14.